The van der Waals surface area contributed by atoms with E-state index in [4.69, 9.17) is 9.47 Å². The molecule has 0 aromatic carbocycles. The number of hydrogen-bond acceptors (Lipinski definition) is 3. The molecule has 1 aliphatic rings. The molecule has 0 amide bonds. The molecule has 15 heavy (non-hydrogen) atoms. The molecule has 0 bridgehead atoms. The Bertz CT molecular complexity index is 162. The SMILES string of the molecule is CCCCCC(C)(O)OC1CCCCO1. The first-order valence-corrected chi connectivity index (χ1v) is 6.16. The maximum Gasteiger partial charge on any atom is 0.165 e. The first-order valence-electron chi connectivity index (χ1n) is 6.16. The van der Waals surface area contributed by atoms with Crippen LogP contribution in [-0.4, -0.2) is 23.8 Å². The van der Waals surface area contributed by atoms with Gasteiger partial charge in [0.05, 0.1) is 0 Å². The zero-order valence-corrected chi connectivity index (χ0v) is 10.00. The van der Waals surface area contributed by atoms with Crippen molar-refractivity contribution >= 4 is 0 Å². The predicted molar refractivity (Wildman–Crippen MR) is 59.4 cm³/mol. The van der Waals surface area contributed by atoms with Crippen LogP contribution in [0.15, 0.2) is 0 Å². The smallest absolute Gasteiger partial charge is 0.165 e. The Hall–Kier alpha value is -0.120. The maximum atomic E-state index is 9.99. The molecule has 1 fully saturated rings. The number of unbranched alkanes of at least 4 members (excludes halogenated alkanes) is 2. The van der Waals surface area contributed by atoms with E-state index in [1.165, 1.54) is 0 Å². The van der Waals surface area contributed by atoms with Gasteiger partial charge in [0, 0.05) is 13.0 Å². The van der Waals surface area contributed by atoms with Crippen LogP contribution in [0.25, 0.3) is 0 Å². The third kappa shape index (κ3) is 5.50. The van der Waals surface area contributed by atoms with Gasteiger partial charge in [-0.05, 0) is 32.6 Å². The Kier molecular flexibility index (Phi) is 5.58. The van der Waals surface area contributed by atoms with Gasteiger partial charge in [-0.1, -0.05) is 19.8 Å². The number of hydrogen-bond donors (Lipinski definition) is 1. The highest BCUT2D eigenvalue weighted by Gasteiger charge is 2.26. The highest BCUT2D eigenvalue weighted by molar-refractivity contribution is 4.63. The van der Waals surface area contributed by atoms with Crippen LogP contribution >= 0.6 is 0 Å². The fraction of sp³-hybridized carbons (Fsp3) is 1.00. The highest BCUT2D eigenvalue weighted by Crippen LogP contribution is 2.23. The van der Waals surface area contributed by atoms with Crippen LogP contribution in [0.3, 0.4) is 0 Å². The van der Waals surface area contributed by atoms with Crippen LogP contribution < -0.4 is 0 Å². The van der Waals surface area contributed by atoms with Crippen LogP contribution in [0.4, 0.5) is 0 Å². The molecular formula is C12H24O3. The molecule has 0 radical (unpaired) electrons. The van der Waals surface area contributed by atoms with Crippen LogP contribution in [0.2, 0.25) is 0 Å². The van der Waals surface area contributed by atoms with Crippen molar-refractivity contribution in [3.63, 3.8) is 0 Å². The average Bonchev–Trinajstić information content (AvgIpc) is 2.18. The quantitative estimate of drug-likeness (QED) is 0.548. The first kappa shape index (κ1) is 12.9. The fourth-order valence-corrected chi connectivity index (χ4v) is 1.85. The molecule has 3 heteroatoms. The molecule has 0 aromatic heterocycles. The second kappa shape index (κ2) is 6.46. The topological polar surface area (TPSA) is 38.7 Å². The second-order valence-corrected chi connectivity index (χ2v) is 4.55. The molecule has 2 unspecified atom stereocenters. The van der Waals surface area contributed by atoms with Crippen molar-refractivity contribution < 1.29 is 14.6 Å². The van der Waals surface area contributed by atoms with E-state index in [1.54, 1.807) is 6.92 Å². The van der Waals surface area contributed by atoms with E-state index in [9.17, 15) is 5.11 Å². The Morgan fingerprint density at radius 2 is 2.20 bits per heavy atom. The van der Waals surface area contributed by atoms with Crippen molar-refractivity contribution in [3.05, 3.63) is 0 Å². The van der Waals surface area contributed by atoms with E-state index < -0.39 is 5.79 Å². The van der Waals surface area contributed by atoms with Crippen LogP contribution in [0.1, 0.15) is 58.8 Å². The summed E-state index contributed by atoms with van der Waals surface area (Å²) >= 11 is 0. The Balaban J connectivity index is 2.20. The summed E-state index contributed by atoms with van der Waals surface area (Å²) in [7, 11) is 0. The van der Waals surface area contributed by atoms with Crippen LogP contribution in [0.5, 0.6) is 0 Å². The van der Waals surface area contributed by atoms with Gasteiger partial charge in [-0.3, -0.25) is 0 Å². The molecule has 2 atom stereocenters. The lowest BCUT2D eigenvalue weighted by Crippen LogP contribution is -2.36. The van der Waals surface area contributed by atoms with Crippen molar-refractivity contribution in [2.75, 3.05) is 6.61 Å². The summed E-state index contributed by atoms with van der Waals surface area (Å²) in [6, 6.07) is 0. The minimum atomic E-state index is -1.02. The molecule has 0 aromatic rings. The van der Waals surface area contributed by atoms with Gasteiger partial charge in [0.1, 0.15) is 0 Å². The zero-order chi connectivity index (χ0) is 11.1. The van der Waals surface area contributed by atoms with Crippen molar-refractivity contribution in [3.8, 4) is 0 Å². The second-order valence-electron chi connectivity index (χ2n) is 4.55. The number of rotatable bonds is 6. The average molecular weight is 216 g/mol. The first-order chi connectivity index (χ1) is 7.14. The number of aliphatic hydroxyl groups is 1. The molecule has 1 N–H and O–H groups in total. The van der Waals surface area contributed by atoms with Crippen molar-refractivity contribution in [1.29, 1.82) is 0 Å². The Morgan fingerprint density at radius 1 is 1.40 bits per heavy atom. The van der Waals surface area contributed by atoms with Gasteiger partial charge in [0.25, 0.3) is 0 Å². The third-order valence-electron chi connectivity index (χ3n) is 2.77. The monoisotopic (exact) mass is 216 g/mol. The summed E-state index contributed by atoms with van der Waals surface area (Å²) in [5, 5.41) is 9.99. The van der Waals surface area contributed by atoms with Crippen molar-refractivity contribution in [2.24, 2.45) is 0 Å². The van der Waals surface area contributed by atoms with Gasteiger partial charge in [-0.15, -0.1) is 0 Å². The molecular weight excluding hydrogens is 192 g/mol. The minimum Gasteiger partial charge on any atom is -0.366 e. The molecule has 0 spiro atoms. The number of ether oxygens (including phenoxy) is 2. The molecule has 1 rings (SSSR count). The largest absolute Gasteiger partial charge is 0.366 e. The summed E-state index contributed by atoms with van der Waals surface area (Å²) in [5.74, 6) is -1.02. The summed E-state index contributed by atoms with van der Waals surface area (Å²) in [6.07, 6.45) is 6.96. The van der Waals surface area contributed by atoms with Crippen LogP contribution in [0, 0.1) is 0 Å². The van der Waals surface area contributed by atoms with Gasteiger partial charge < -0.3 is 14.6 Å². The van der Waals surface area contributed by atoms with E-state index >= 15 is 0 Å². The summed E-state index contributed by atoms with van der Waals surface area (Å²) in [4.78, 5) is 0. The van der Waals surface area contributed by atoms with E-state index in [-0.39, 0.29) is 6.29 Å². The van der Waals surface area contributed by atoms with Crippen molar-refractivity contribution in [2.45, 2.75) is 70.9 Å². The van der Waals surface area contributed by atoms with Crippen molar-refractivity contribution in [1.82, 2.24) is 0 Å². The predicted octanol–water partition coefficient (Wildman–Crippen LogP) is 2.82. The maximum absolute atomic E-state index is 9.99. The molecule has 1 heterocycles. The fourth-order valence-electron chi connectivity index (χ4n) is 1.85. The summed E-state index contributed by atoms with van der Waals surface area (Å²) in [6.45, 7) is 4.65. The Morgan fingerprint density at radius 3 is 2.80 bits per heavy atom. The standard InChI is InChI=1S/C12H24O3/c1-3-4-6-9-12(2,13)15-11-8-5-7-10-14-11/h11,13H,3-10H2,1-2H3. The zero-order valence-electron chi connectivity index (χ0n) is 10.00. The molecule has 90 valence electrons. The van der Waals surface area contributed by atoms with Gasteiger partial charge in [-0.25, -0.2) is 0 Å². The molecule has 3 nitrogen and oxygen atoms in total. The third-order valence-corrected chi connectivity index (χ3v) is 2.77. The molecule has 0 aliphatic carbocycles. The van der Waals surface area contributed by atoms with Gasteiger partial charge in [-0.2, -0.15) is 0 Å². The lowest BCUT2D eigenvalue weighted by Gasteiger charge is -2.31. The highest BCUT2D eigenvalue weighted by atomic mass is 16.7. The van der Waals surface area contributed by atoms with Crippen LogP contribution in [-0.2, 0) is 9.47 Å². The Labute approximate surface area is 92.8 Å². The molecule has 1 saturated heterocycles. The molecule has 0 saturated carbocycles. The normalized spacial score (nSPS) is 26.2. The van der Waals surface area contributed by atoms with Gasteiger partial charge in [0.2, 0.25) is 0 Å². The lowest BCUT2D eigenvalue weighted by atomic mass is 10.1. The van der Waals surface area contributed by atoms with E-state index in [0.717, 1.165) is 45.1 Å². The minimum absolute atomic E-state index is 0.199. The molecule has 1 aliphatic heterocycles. The lowest BCUT2D eigenvalue weighted by molar-refractivity contribution is -0.293. The van der Waals surface area contributed by atoms with E-state index in [2.05, 4.69) is 6.92 Å². The summed E-state index contributed by atoms with van der Waals surface area (Å²) in [5.41, 5.74) is 0. The van der Waals surface area contributed by atoms with E-state index in [0.29, 0.717) is 6.42 Å². The van der Waals surface area contributed by atoms with E-state index in [1.807, 2.05) is 0 Å². The van der Waals surface area contributed by atoms with Gasteiger partial charge >= 0.3 is 0 Å². The van der Waals surface area contributed by atoms with Gasteiger partial charge in [0.15, 0.2) is 12.1 Å². The summed E-state index contributed by atoms with van der Waals surface area (Å²) < 4.78 is 11.0.